The molecule has 21 heavy (non-hydrogen) atoms. The quantitative estimate of drug-likeness (QED) is 0.802. The van der Waals surface area contributed by atoms with E-state index in [-0.39, 0.29) is 5.56 Å². The molecule has 2 aromatic carbocycles. The molecule has 0 heterocycles. The maximum Gasteiger partial charge on any atom is 0.161 e. The third kappa shape index (κ3) is 3.39. The van der Waals surface area contributed by atoms with Gasteiger partial charge in [0.05, 0.1) is 6.04 Å². The van der Waals surface area contributed by atoms with Gasteiger partial charge in [-0.2, -0.15) is 0 Å². The van der Waals surface area contributed by atoms with Crippen LogP contribution in [0.25, 0.3) is 0 Å². The third-order valence-corrected chi connectivity index (χ3v) is 3.55. The van der Waals surface area contributed by atoms with Crippen LogP contribution in [0.5, 0.6) is 0 Å². The average Bonchev–Trinajstić information content (AvgIpc) is 2.43. The summed E-state index contributed by atoms with van der Waals surface area (Å²) in [5.74, 6) is -3.07. The smallest absolute Gasteiger partial charge is 0.161 e. The zero-order valence-corrected chi connectivity index (χ0v) is 12.4. The van der Waals surface area contributed by atoms with Crippen molar-refractivity contribution in [3.63, 3.8) is 0 Å². The summed E-state index contributed by atoms with van der Waals surface area (Å²) >= 11 is 5.99. The van der Waals surface area contributed by atoms with Crippen molar-refractivity contribution < 1.29 is 13.2 Å². The van der Waals surface area contributed by atoms with Crippen molar-refractivity contribution in [2.45, 2.75) is 19.9 Å². The third-order valence-electron chi connectivity index (χ3n) is 3.31. The molecule has 0 saturated heterocycles. The first kappa shape index (κ1) is 15.9. The predicted molar refractivity (Wildman–Crippen MR) is 78.0 cm³/mol. The number of benzene rings is 2. The SMILES string of the molecule is CCNC(c1cc(Cl)ccc1C)c1cc(F)c(F)cc1F. The van der Waals surface area contributed by atoms with Gasteiger partial charge in [-0.25, -0.2) is 13.2 Å². The number of hydrogen-bond acceptors (Lipinski definition) is 1. The second-order valence-electron chi connectivity index (χ2n) is 4.78. The second-order valence-corrected chi connectivity index (χ2v) is 5.22. The topological polar surface area (TPSA) is 12.0 Å². The summed E-state index contributed by atoms with van der Waals surface area (Å²) in [7, 11) is 0. The minimum atomic E-state index is -1.20. The Balaban J connectivity index is 2.58. The van der Waals surface area contributed by atoms with E-state index in [2.05, 4.69) is 5.32 Å². The molecule has 0 bridgehead atoms. The number of aryl methyl sites for hydroxylation is 1. The maximum atomic E-state index is 14.0. The molecule has 112 valence electrons. The Labute approximate surface area is 126 Å². The number of halogens is 4. The zero-order valence-electron chi connectivity index (χ0n) is 11.7. The summed E-state index contributed by atoms with van der Waals surface area (Å²) in [5.41, 5.74) is 1.67. The van der Waals surface area contributed by atoms with E-state index in [1.54, 1.807) is 18.2 Å². The molecule has 1 atom stereocenters. The van der Waals surface area contributed by atoms with Crippen molar-refractivity contribution in [3.8, 4) is 0 Å². The van der Waals surface area contributed by atoms with Crippen LogP contribution in [0.4, 0.5) is 13.2 Å². The van der Waals surface area contributed by atoms with Crippen molar-refractivity contribution in [1.29, 1.82) is 0 Å². The number of hydrogen-bond donors (Lipinski definition) is 1. The van der Waals surface area contributed by atoms with Crippen LogP contribution in [0.3, 0.4) is 0 Å². The number of rotatable bonds is 4. The lowest BCUT2D eigenvalue weighted by atomic mass is 9.94. The van der Waals surface area contributed by atoms with Gasteiger partial charge in [0.25, 0.3) is 0 Å². The van der Waals surface area contributed by atoms with Crippen molar-refractivity contribution in [1.82, 2.24) is 5.32 Å². The number of nitrogens with one attached hydrogen (secondary N) is 1. The molecule has 0 aliphatic rings. The van der Waals surface area contributed by atoms with Crippen LogP contribution in [0.2, 0.25) is 5.02 Å². The van der Waals surface area contributed by atoms with Crippen LogP contribution in [-0.4, -0.2) is 6.54 Å². The van der Waals surface area contributed by atoms with Crippen molar-refractivity contribution in [2.75, 3.05) is 6.54 Å². The van der Waals surface area contributed by atoms with Crippen molar-refractivity contribution >= 4 is 11.6 Å². The summed E-state index contributed by atoms with van der Waals surface area (Å²) in [6, 6.07) is 6.09. The highest BCUT2D eigenvalue weighted by Crippen LogP contribution is 2.30. The Morgan fingerprint density at radius 1 is 1.00 bits per heavy atom. The van der Waals surface area contributed by atoms with Gasteiger partial charge in [-0.15, -0.1) is 0 Å². The molecule has 0 radical (unpaired) electrons. The first-order valence-corrected chi connectivity index (χ1v) is 6.95. The van der Waals surface area contributed by atoms with Gasteiger partial charge in [-0.1, -0.05) is 24.6 Å². The van der Waals surface area contributed by atoms with E-state index in [4.69, 9.17) is 11.6 Å². The fraction of sp³-hybridized carbons (Fsp3) is 0.250. The highest BCUT2D eigenvalue weighted by atomic mass is 35.5. The second kappa shape index (κ2) is 6.50. The van der Waals surface area contributed by atoms with Gasteiger partial charge < -0.3 is 5.32 Å². The molecule has 0 amide bonds. The molecule has 5 heteroatoms. The van der Waals surface area contributed by atoms with Crippen LogP contribution >= 0.6 is 11.6 Å². The first-order valence-electron chi connectivity index (χ1n) is 6.58. The Hall–Kier alpha value is -1.52. The lowest BCUT2D eigenvalue weighted by Crippen LogP contribution is -2.24. The highest BCUT2D eigenvalue weighted by molar-refractivity contribution is 6.30. The lowest BCUT2D eigenvalue weighted by Gasteiger charge is -2.22. The molecule has 0 aromatic heterocycles. The molecular formula is C16H15ClF3N. The van der Waals surface area contributed by atoms with Gasteiger partial charge in [0.2, 0.25) is 0 Å². The van der Waals surface area contributed by atoms with E-state index in [0.29, 0.717) is 17.6 Å². The summed E-state index contributed by atoms with van der Waals surface area (Å²) in [6.07, 6.45) is 0. The molecule has 2 aromatic rings. The van der Waals surface area contributed by atoms with Gasteiger partial charge in [-0.3, -0.25) is 0 Å². The Morgan fingerprint density at radius 3 is 2.33 bits per heavy atom. The fourth-order valence-electron chi connectivity index (χ4n) is 2.27. The molecule has 0 aliphatic carbocycles. The molecule has 2 rings (SSSR count). The monoisotopic (exact) mass is 313 g/mol. The standard InChI is InChI=1S/C16H15ClF3N/c1-3-21-16(11-6-10(17)5-4-9(11)2)12-7-14(19)15(20)8-13(12)18/h4-8,16,21H,3H2,1-2H3. The van der Waals surface area contributed by atoms with Gasteiger partial charge >= 0.3 is 0 Å². The van der Waals surface area contributed by atoms with Crippen LogP contribution in [-0.2, 0) is 0 Å². The zero-order chi connectivity index (χ0) is 15.6. The summed E-state index contributed by atoms with van der Waals surface area (Å²) in [5, 5.41) is 3.58. The van der Waals surface area contributed by atoms with E-state index in [1.807, 2.05) is 13.8 Å². The van der Waals surface area contributed by atoms with Crippen LogP contribution < -0.4 is 5.32 Å². The summed E-state index contributed by atoms with van der Waals surface area (Å²) < 4.78 is 40.6. The average molecular weight is 314 g/mol. The van der Waals surface area contributed by atoms with Gasteiger partial charge in [0.15, 0.2) is 11.6 Å². The van der Waals surface area contributed by atoms with Gasteiger partial charge in [-0.05, 0) is 42.8 Å². The van der Waals surface area contributed by atoms with E-state index >= 15 is 0 Å². The summed E-state index contributed by atoms with van der Waals surface area (Å²) in [4.78, 5) is 0. The summed E-state index contributed by atoms with van der Waals surface area (Å²) in [6.45, 7) is 4.24. The Kier molecular flexibility index (Phi) is 4.91. The Bertz CT molecular complexity index is 658. The largest absolute Gasteiger partial charge is 0.306 e. The van der Waals surface area contributed by atoms with Gasteiger partial charge in [0, 0.05) is 16.7 Å². The molecule has 1 unspecified atom stereocenters. The van der Waals surface area contributed by atoms with Crippen LogP contribution in [0.15, 0.2) is 30.3 Å². The van der Waals surface area contributed by atoms with Crippen molar-refractivity contribution in [3.05, 3.63) is 69.5 Å². The highest BCUT2D eigenvalue weighted by Gasteiger charge is 2.21. The van der Waals surface area contributed by atoms with E-state index < -0.39 is 23.5 Å². The molecule has 1 N–H and O–H groups in total. The van der Waals surface area contributed by atoms with E-state index in [0.717, 1.165) is 17.2 Å². The predicted octanol–water partition coefficient (Wildman–Crippen LogP) is 4.76. The van der Waals surface area contributed by atoms with Crippen molar-refractivity contribution in [2.24, 2.45) is 0 Å². The van der Waals surface area contributed by atoms with E-state index in [1.165, 1.54) is 0 Å². The lowest BCUT2D eigenvalue weighted by molar-refractivity contribution is 0.481. The minimum absolute atomic E-state index is 0.0566. The fourth-order valence-corrected chi connectivity index (χ4v) is 2.45. The Morgan fingerprint density at radius 2 is 1.67 bits per heavy atom. The molecule has 1 nitrogen and oxygen atoms in total. The minimum Gasteiger partial charge on any atom is -0.306 e. The molecule has 0 aliphatic heterocycles. The molecule has 0 saturated carbocycles. The van der Waals surface area contributed by atoms with Crippen LogP contribution in [0, 0.1) is 24.4 Å². The molecule has 0 spiro atoms. The van der Waals surface area contributed by atoms with Crippen LogP contribution in [0.1, 0.15) is 29.7 Å². The normalized spacial score (nSPS) is 12.5. The maximum absolute atomic E-state index is 14.0. The van der Waals surface area contributed by atoms with Gasteiger partial charge in [0.1, 0.15) is 5.82 Å². The first-order chi connectivity index (χ1) is 9.93. The molecule has 0 fully saturated rings. The molecular weight excluding hydrogens is 299 g/mol. The van der Waals surface area contributed by atoms with E-state index in [9.17, 15) is 13.2 Å².